The smallest absolute Gasteiger partial charge is 0.471 e. The van der Waals surface area contributed by atoms with Gasteiger partial charge in [0.1, 0.15) is 35.9 Å². The fourth-order valence-corrected chi connectivity index (χ4v) is 16.2. The molecule has 2 fully saturated rings. The largest absolute Gasteiger partial charge is 0.510 e. The minimum atomic E-state index is -3.30. The van der Waals surface area contributed by atoms with E-state index in [0.29, 0.717) is 17.7 Å². The van der Waals surface area contributed by atoms with E-state index in [4.69, 9.17) is 27.2 Å². The Labute approximate surface area is 323 Å². The Bertz CT molecular complexity index is 1860. The summed E-state index contributed by atoms with van der Waals surface area (Å²) in [4.78, 5) is 15.2. The lowest BCUT2D eigenvalue weighted by Crippen LogP contribution is -2.63. The standard InChI is InChI=1S/C43H68O7Si3/c1-23(2)43-27(6)35(48-51(16,17)18)39(46-43)38(45-43)31-24(3)21-28-26(5)30-25(4)22-29(47-52(19,20)40(7,8)9)34(44)33(30)37-32(28)36(31)49-53(50-37,41(10,11)12)42(13,14)15/h21,23,25,29,35,38-39H,6,22H2,1-5,7-20H3/t25-,29-,35+,38-,39+,43-/m0/s1. The molecule has 0 saturated carbocycles. The molecule has 2 bridgehead atoms. The van der Waals surface area contributed by atoms with E-state index in [-0.39, 0.29) is 38.8 Å². The van der Waals surface area contributed by atoms with Crippen molar-refractivity contribution >= 4 is 41.8 Å². The second-order valence-corrected chi connectivity index (χ2v) is 35.3. The lowest BCUT2D eigenvalue weighted by Gasteiger charge is -2.52. The number of carbonyl (C=O) groups excluding carboxylic acids is 1. The van der Waals surface area contributed by atoms with Crippen LogP contribution in [-0.2, 0) is 18.3 Å². The average molecular weight is 781 g/mol. The molecule has 0 unspecified atom stereocenters. The fraction of sp³-hybridized carbons (Fsp3) is 0.698. The summed E-state index contributed by atoms with van der Waals surface area (Å²) in [6.45, 7) is 46.5. The van der Waals surface area contributed by atoms with Gasteiger partial charge in [-0.2, -0.15) is 0 Å². The summed E-state index contributed by atoms with van der Waals surface area (Å²) in [5.41, 5.74) is 5.75. The third-order valence-electron chi connectivity index (χ3n) is 12.9. The highest BCUT2D eigenvalue weighted by atomic mass is 28.4. The van der Waals surface area contributed by atoms with Gasteiger partial charge >= 0.3 is 8.56 Å². The predicted octanol–water partition coefficient (Wildman–Crippen LogP) is 11.9. The molecule has 0 N–H and O–H groups in total. The molecule has 53 heavy (non-hydrogen) atoms. The molecule has 0 amide bonds. The summed E-state index contributed by atoms with van der Waals surface area (Å²) in [5, 5.41) is 1.13. The molecule has 0 spiro atoms. The van der Waals surface area contributed by atoms with E-state index in [9.17, 15) is 0 Å². The van der Waals surface area contributed by atoms with Gasteiger partial charge in [-0.1, -0.05) is 95.7 Å². The Morgan fingerprint density at radius 2 is 1.45 bits per heavy atom. The van der Waals surface area contributed by atoms with Crippen molar-refractivity contribution < 1.29 is 32.0 Å². The van der Waals surface area contributed by atoms with Crippen LogP contribution in [0.1, 0.15) is 134 Å². The highest BCUT2D eigenvalue weighted by molar-refractivity contribution is 6.75. The summed E-state index contributed by atoms with van der Waals surface area (Å²) < 4.78 is 43.1. The summed E-state index contributed by atoms with van der Waals surface area (Å²) >= 11 is 0. The van der Waals surface area contributed by atoms with Crippen LogP contribution in [0.15, 0.2) is 18.2 Å². The van der Waals surface area contributed by atoms with Crippen LogP contribution in [0.2, 0.25) is 47.8 Å². The molecule has 6 atom stereocenters. The summed E-state index contributed by atoms with van der Waals surface area (Å²) in [5.74, 6) is 0.610. The van der Waals surface area contributed by atoms with Crippen LogP contribution < -0.4 is 8.85 Å². The van der Waals surface area contributed by atoms with Crippen LogP contribution in [0, 0.1) is 19.8 Å². The Hall–Kier alpha value is -1.80. The van der Waals surface area contributed by atoms with E-state index in [2.05, 4.69) is 142 Å². The van der Waals surface area contributed by atoms with Gasteiger partial charge in [-0.25, -0.2) is 0 Å². The number of Topliss-reactive ketones (excluding diaryl/α,β-unsaturated/α-hetero) is 1. The van der Waals surface area contributed by atoms with Gasteiger partial charge in [-0.3, -0.25) is 4.79 Å². The first-order chi connectivity index (χ1) is 23.9. The Kier molecular flexibility index (Phi) is 9.52. The number of carbonyl (C=O) groups is 1. The topological polar surface area (TPSA) is 72.5 Å². The van der Waals surface area contributed by atoms with Crippen LogP contribution in [-0.4, -0.2) is 55.1 Å². The van der Waals surface area contributed by atoms with E-state index in [0.717, 1.165) is 44.3 Å². The van der Waals surface area contributed by atoms with Crippen LogP contribution in [0.5, 0.6) is 11.5 Å². The molecular weight excluding hydrogens is 713 g/mol. The number of fused-ring (bicyclic) bond motifs is 4. The van der Waals surface area contributed by atoms with E-state index in [1.54, 1.807) is 0 Å². The Balaban J connectivity index is 1.68. The van der Waals surface area contributed by atoms with Crippen LogP contribution in [0.3, 0.4) is 0 Å². The zero-order valence-electron chi connectivity index (χ0n) is 36.3. The maximum atomic E-state index is 15.2. The molecule has 10 heteroatoms. The van der Waals surface area contributed by atoms with Gasteiger partial charge in [0.2, 0.25) is 0 Å². The maximum Gasteiger partial charge on any atom is 0.471 e. The lowest BCUT2D eigenvalue weighted by molar-refractivity contribution is -0.161. The SMILES string of the molecule is C=C1[C@@H](O[Si](C)(C)C)[C@H]2O[C@]1(C(C)C)O[C@H]2c1c(C)cc2c(C)c3c(c4c2c1O[Si](C(C)(C)C)(C(C)(C)C)O4)C(=O)[C@@H](O[Si](C)(C)C(C)(C)C)C[C@@H]3C. The van der Waals surface area contributed by atoms with Crippen molar-refractivity contribution in [3.8, 4) is 11.5 Å². The number of hydrogen-bond donors (Lipinski definition) is 0. The van der Waals surface area contributed by atoms with Gasteiger partial charge < -0.3 is 27.2 Å². The monoisotopic (exact) mass is 780 g/mol. The van der Waals surface area contributed by atoms with Crippen molar-refractivity contribution in [3.63, 3.8) is 0 Å². The van der Waals surface area contributed by atoms with Crippen molar-refractivity contribution in [1.82, 2.24) is 0 Å². The Morgan fingerprint density at radius 1 is 0.887 bits per heavy atom. The Morgan fingerprint density at radius 3 is 1.94 bits per heavy atom. The molecule has 2 aromatic rings. The number of hydrogen-bond acceptors (Lipinski definition) is 7. The normalized spacial score (nSPS) is 28.8. The highest BCUT2D eigenvalue weighted by Gasteiger charge is 2.67. The summed E-state index contributed by atoms with van der Waals surface area (Å²) in [6.07, 6.45) is -1.06. The van der Waals surface area contributed by atoms with Gasteiger partial charge in [0.25, 0.3) is 0 Å². The second-order valence-electron chi connectivity index (χ2n) is 21.4. The maximum absolute atomic E-state index is 15.2. The second kappa shape index (κ2) is 12.3. The minimum Gasteiger partial charge on any atom is -0.510 e. The lowest BCUT2D eigenvalue weighted by atomic mass is 9.76. The van der Waals surface area contributed by atoms with Crippen LogP contribution in [0.25, 0.3) is 10.8 Å². The van der Waals surface area contributed by atoms with Crippen LogP contribution >= 0.6 is 0 Å². The van der Waals surface area contributed by atoms with Gasteiger partial charge in [0.15, 0.2) is 28.2 Å². The molecule has 7 nitrogen and oxygen atoms in total. The molecule has 4 aliphatic rings. The fourth-order valence-electron chi connectivity index (χ4n) is 9.41. The molecule has 2 saturated heterocycles. The zero-order valence-corrected chi connectivity index (χ0v) is 39.3. The number of rotatable bonds is 6. The number of ketones is 1. The van der Waals surface area contributed by atoms with Gasteiger partial charge in [0, 0.05) is 27.1 Å². The van der Waals surface area contributed by atoms with Crippen molar-refractivity contribution in [2.75, 3.05) is 0 Å². The molecule has 1 aliphatic carbocycles. The van der Waals surface area contributed by atoms with Crippen LogP contribution in [0.4, 0.5) is 0 Å². The molecule has 6 rings (SSSR count). The molecular formula is C43H68O7Si3. The number of ether oxygens (including phenoxy) is 2. The van der Waals surface area contributed by atoms with E-state index >= 15 is 4.79 Å². The number of benzene rings is 2. The molecule has 294 valence electrons. The first-order valence-electron chi connectivity index (χ1n) is 19.9. The van der Waals surface area contributed by atoms with Crippen molar-refractivity contribution in [3.05, 3.63) is 46.0 Å². The molecule has 0 aromatic heterocycles. The van der Waals surface area contributed by atoms with Crippen molar-refractivity contribution in [1.29, 1.82) is 0 Å². The first-order valence-corrected chi connectivity index (χ1v) is 28.0. The van der Waals surface area contributed by atoms with Crippen molar-refractivity contribution in [2.24, 2.45) is 5.92 Å². The molecule has 2 aromatic carbocycles. The first kappa shape index (κ1) is 40.9. The third kappa shape index (κ3) is 6.02. The molecule has 0 radical (unpaired) electrons. The zero-order chi connectivity index (χ0) is 40.0. The highest BCUT2D eigenvalue weighted by Crippen LogP contribution is 2.64. The number of aryl methyl sites for hydroxylation is 2. The predicted molar refractivity (Wildman–Crippen MR) is 223 cm³/mol. The quantitative estimate of drug-likeness (QED) is 0.213. The van der Waals surface area contributed by atoms with E-state index < -0.39 is 49.3 Å². The van der Waals surface area contributed by atoms with E-state index in [1.165, 1.54) is 0 Å². The van der Waals surface area contributed by atoms with E-state index in [1.807, 2.05) is 0 Å². The third-order valence-corrected chi connectivity index (χ3v) is 23.3. The van der Waals surface area contributed by atoms with Gasteiger partial charge in [0.05, 0.1) is 10.9 Å². The average Bonchev–Trinajstić information content (AvgIpc) is 3.49. The van der Waals surface area contributed by atoms with Gasteiger partial charge in [-0.05, 0) is 86.0 Å². The minimum absolute atomic E-state index is 0.0125. The summed E-state index contributed by atoms with van der Waals surface area (Å²) in [6, 6.07) is 2.26. The molecule has 3 heterocycles. The molecule has 3 aliphatic heterocycles. The van der Waals surface area contributed by atoms with Crippen molar-refractivity contribution in [2.45, 2.75) is 187 Å². The van der Waals surface area contributed by atoms with Gasteiger partial charge in [-0.15, -0.1) is 0 Å². The summed E-state index contributed by atoms with van der Waals surface area (Å²) in [7, 11) is -7.59.